The number of para-hydroxylation sites is 1. The van der Waals surface area contributed by atoms with Crippen LogP contribution < -0.4 is 10.1 Å². The molecule has 2 atom stereocenters. The second kappa shape index (κ2) is 5.31. The molecule has 0 amide bonds. The molecule has 0 saturated heterocycles. The Morgan fingerprint density at radius 1 is 1.33 bits per heavy atom. The van der Waals surface area contributed by atoms with E-state index in [2.05, 4.69) is 38.2 Å². The number of hydrogen-bond donors (Lipinski definition) is 1. The summed E-state index contributed by atoms with van der Waals surface area (Å²) in [6.45, 7) is 6.95. The number of nitrogens with one attached hydrogen (secondary N) is 1. The fraction of sp³-hybridized carbons (Fsp3) is 0.625. The van der Waals surface area contributed by atoms with Gasteiger partial charge in [-0.05, 0) is 37.7 Å². The minimum absolute atomic E-state index is 0.347. The van der Waals surface area contributed by atoms with Crippen LogP contribution in [0, 0.1) is 5.41 Å². The first kappa shape index (κ1) is 13.4. The molecular formula is C16H25NO. The second-order valence-electron chi connectivity index (χ2n) is 6.23. The van der Waals surface area contributed by atoms with Gasteiger partial charge >= 0.3 is 0 Å². The average Bonchev–Trinajstić information content (AvgIpc) is 2.68. The highest BCUT2D eigenvalue weighted by molar-refractivity contribution is 5.35. The summed E-state index contributed by atoms with van der Waals surface area (Å²) in [5.74, 6) is 0.981. The van der Waals surface area contributed by atoms with Crippen molar-refractivity contribution in [2.24, 2.45) is 5.41 Å². The molecule has 2 rings (SSSR count). The monoisotopic (exact) mass is 247 g/mol. The summed E-state index contributed by atoms with van der Waals surface area (Å²) in [6.07, 6.45) is 3.88. The van der Waals surface area contributed by atoms with Gasteiger partial charge in [0, 0.05) is 17.6 Å². The Morgan fingerprint density at radius 3 is 2.67 bits per heavy atom. The maximum Gasteiger partial charge on any atom is 0.123 e. The minimum atomic E-state index is 0.347. The highest BCUT2D eigenvalue weighted by Crippen LogP contribution is 2.38. The van der Waals surface area contributed by atoms with Gasteiger partial charge in [0.1, 0.15) is 5.75 Å². The van der Waals surface area contributed by atoms with Crippen LogP contribution in [-0.4, -0.2) is 13.2 Å². The topological polar surface area (TPSA) is 21.3 Å². The Kier molecular flexibility index (Phi) is 3.96. The molecule has 2 heteroatoms. The molecule has 18 heavy (non-hydrogen) atoms. The smallest absolute Gasteiger partial charge is 0.123 e. The zero-order chi connectivity index (χ0) is 13.2. The minimum Gasteiger partial charge on any atom is -0.496 e. The summed E-state index contributed by atoms with van der Waals surface area (Å²) in [5.41, 5.74) is 1.75. The molecule has 0 aliphatic heterocycles. The zero-order valence-corrected chi connectivity index (χ0v) is 12.0. The molecule has 2 nitrogen and oxygen atoms in total. The van der Waals surface area contributed by atoms with Crippen molar-refractivity contribution < 1.29 is 4.74 Å². The fourth-order valence-corrected chi connectivity index (χ4v) is 3.05. The van der Waals surface area contributed by atoms with Crippen molar-refractivity contribution in [3.8, 4) is 5.75 Å². The Balaban J connectivity index is 2.02. The van der Waals surface area contributed by atoms with Gasteiger partial charge in [-0.25, -0.2) is 0 Å². The first-order valence-corrected chi connectivity index (χ1v) is 6.91. The number of methoxy groups -OCH3 is 1. The van der Waals surface area contributed by atoms with E-state index in [9.17, 15) is 0 Å². The predicted octanol–water partition coefficient (Wildman–Crippen LogP) is 3.92. The summed E-state index contributed by atoms with van der Waals surface area (Å²) < 4.78 is 5.43. The van der Waals surface area contributed by atoms with Gasteiger partial charge in [0.25, 0.3) is 0 Å². The first-order valence-electron chi connectivity index (χ1n) is 6.91. The van der Waals surface area contributed by atoms with Crippen LogP contribution in [0.1, 0.15) is 51.6 Å². The maximum absolute atomic E-state index is 5.43. The van der Waals surface area contributed by atoms with Crippen LogP contribution >= 0.6 is 0 Å². The third-order valence-corrected chi connectivity index (χ3v) is 4.06. The molecule has 0 aromatic heterocycles. The maximum atomic E-state index is 5.43. The number of rotatable bonds is 4. The van der Waals surface area contributed by atoms with E-state index < -0.39 is 0 Å². The molecule has 1 unspecified atom stereocenters. The van der Waals surface area contributed by atoms with E-state index in [1.807, 2.05) is 12.1 Å². The summed E-state index contributed by atoms with van der Waals surface area (Å²) >= 11 is 0. The van der Waals surface area contributed by atoms with E-state index in [4.69, 9.17) is 4.74 Å². The quantitative estimate of drug-likeness (QED) is 0.870. The van der Waals surface area contributed by atoms with Gasteiger partial charge < -0.3 is 10.1 Å². The number of hydrogen-bond acceptors (Lipinski definition) is 2. The van der Waals surface area contributed by atoms with Crippen molar-refractivity contribution in [1.82, 2.24) is 5.32 Å². The third kappa shape index (κ3) is 3.05. The SMILES string of the molecule is COc1ccccc1[C@@H](C)NC1CCC(C)(C)C1. The molecule has 0 bridgehead atoms. The van der Waals surface area contributed by atoms with Crippen LogP contribution in [0.25, 0.3) is 0 Å². The van der Waals surface area contributed by atoms with Gasteiger partial charge in [-0.15, -0.1) is 0 Å². The second-order valence-corrected chi connectivity index (χ2v) is 6.23. The van der Waals surface area contributed by atoms with Gasteiger partial charge in [-0.3, -0.25) is 0 Å². The summed E-state index contributed by atoms with van der Waals surface area (Å²) in [7, 11) is 1.74. The lowest BCUT2D eigenvalue weighted by atomic mass is 9.91. The van der Waals surface area contributed by atoms with Crippen molar-refractivity contribution in [2.75, 3.05) is 7.11 Å². The molecule has 0 heterocycles. The molecule has 0 radical (unpaired) electrons. The van der Waals surface area contributed by atoms with Crippen LogP contribution in [0.5, 0.6) is 5.75 Å². The normalized spacial score (nSPS) is 23.9. The van der Waals surface area contributed by atoms with Gasteiger partial charge in [0.05, 0.1) is 7.11 Å². The zero-order valence-electron chi connectivity index (χ0n) is 12.0. The number of benzene rings is 1. The van der Waals surface area contributed by atoms with Gasteiger partial charge in [0.15, 0.2) is 0 Å². The van der Waals surface area contributed by atoms with Crippen molar-refractivity contribution in [3.63, 3.8) is 0 Å². The van der Waals surface area contributed by atoms with Crippen LogP contribution in [0.2, 0.25) is 0 Å². The first-order chi connectivity index (χ1) is 8.52. The molecule has 1 aromatic rings. The molecule has 1 fully saturated rings. The van der Waals surface area contributed by atoms with Gasteiger partial charge in [-0.2, -0.15) is 0 Å². The molecule has 0 spiro atoms. The Bertz CT molecular complexity index is 400. The van der Waals surface area contributed by atoms with Gasteiger partial charge in [-0.1, -0.05) is 32.0 Å². The Labute approximate surface area is 111 Å². The molecule has 100 valence electrons. The fourth-order valence-electron chi connectivity index (χ4n) is 3.05. The van der Waals surface area contributed by atoms with Crippen molar-refractivity contribution in [2.45, 2.75) is 52.1 Å². The van der Waals surface area contributed by atoms with E-state index in [1.165, 1.54) is 24.8 Å². The Morgan fingerprint density at radius 2 is 2.06 bits per heavy atom. The lowest BCUT2D eigenvalue weighted by Gasteiger charge is -2.23. The van der Waals surface area contributed by atoms with Crippen molar-refractivity contribution in [1.29, 1.82) is 0 Å². The van der Waals surface area contributed by atoms with Crippen LogP contribution in [0.15, 0.2) is 24.3 Å². The van der Waals surface area contributed by atoms with Crippen molar-refractivity contribution in [3.05, 3.63) is 29.8 Å². The van der Waals surface area contributed by atoms with E-state index in [1.54, 1.807) is 7.11 Å². The van der Waals surface area contributed by atoms with Crippen LogP contribution in [0.3, 0.4) is 0 Å². The standard InChI is InChI=1S/C16H25NO/c1-12(14-7-5-6-8-15(14)18-4)17-13-9-10-16(2,3)11-13/h5-8,12-13,17H,9-11H2,1-4H3/t12-,13?/m1/s1. The average molecular weight is 247 g/mol. The van der Waals surface area contributed by atoms with Crippen LogP contribution in [-0.2, 0) is 0 Å². The van der Waals surface area contributed by atoms with E-state index in [0.29, 0.717) is 17.5 Å². The summed E-state index contributed by atoms with van der Waals surface area (Å²) in [4.78, 5) is 0. The molecule has 1 saturated carbocycles. The number of ether oxygens (including phenoxy) is 1. The van der Waals surface area contributed by atoms with Gasteiger partial charge in [0.2, 0.25) is 0 Å². The van der Waals surface area contributed by atoms with E-state index in [-0.39, 0.29) is 0 Å². The highest BCUT2D eigenvalue weighted by atomic mass is 16.5. The lowest BCUT2D eigenvalue weighted by Crippen LogP contribution is -2.30. The molecule has 1 aliphatic carbocycles. The predicted molar refractivity (Wildman–Crippen MR) is 76.0 cm³/mol. The molecule has 1 N–H and O–H groups in total. The third-order valence-electron chi connectivity index (χ3n) is 4.06. The Hall–Kier alpha value is -1.02. The lowest BCUT2D eigenvalue weighted by molar-refractivity contribution is 0.352. The van der Waals surface area contributed by atoms with E-state index in [0.717, 1.165) is 5.75 Å². The van der Waals surface area contributed by atoms with E-state index >= 15 is 0 Å². The molecule has 1 aromatic carbocycles. The summed E-state index contributed by atoms with van der Waals surface area (Å²) in [6, 6.07) is 9.27. The molecule has 1 aliphatic rings. The van der Waals surface area contributed by atoms with Crippen LogP contribution in [0.4, 0.5) is 0 Å². The highest BCUT2D eigenvalue weighted by Gasteiger charge is 2.31. The largest absolute Gasteiger partial charge is 0.496 e. The van der Waals surface area contributed by atoms with Crippen molar-refractivity contribution >= 4 is 0 Å². The summed E-state index contributed by atoms with van der Waals surface area (Å²) in [5, 5.41) is 3.75. The molecular weight excluding hydrogens is 222 g/mol.